The average molecular weight is 388 g/mol. The molecule has 2 aromatic rings. The number of amides is 1. The Morgan fingerprint density at radius 1 is 1.19 bits per heavy atom. The summed E-state index contributed by atoms with van der Waals surface area (Å²) < 4.78 is 28.1. The molecule has 1 amide bonds. The third-order valence-electron chi connectivity index (χ3n) is 5.39. The van der Waals surface area contributed by atoms with E-state index in [0.29, 0.717) is 17.8 Å². The predicted molar refractivity (Wildman–Crippen MR) is 103 cm³/mol. The Morgan fingerprint density at radius 3 is 2.67 bits per heavy atom. The SMILES string of the molecule is Cc1[nH]ccc1C1C(=O)Nc2ccc(S(=O)(=O)NCCN3CCCC3)cc21. The fourth-order valence-electron chi connectivity index (χ4n) is 3.92. The van der Waals surface area contributed by atoms with Crippen molar-refractivity contribution in [1.29, 1.82) is 0 Å². The molecule has 1 saturated heterocycles. The maximum Gasteiger partial charge on any atom is 0.240 e. The average Bonchev–Trinajstić information content (AvgIpc) is 3.34. The number of hydrogen-bond donors (Lipinski definition) is 3. The number of likely N-dealkylation sites (tertiary alicyclic amines) is 1. The molecule has 1 aromatic heterocycles. The highest BCUT2D eigenvalue weighted by Crippen LogP contribution is 2.39. The molecular weight excluding hydrogens is 364 g/mol. The molecule has 1 aromatic carbocycles. The van der Waals surface area contributed by atoms with Crippen molar-refractivity contribution in [1.82, 2.24) is 14.6 Å². The Balaban J connectivity index is 1.56. The molecule has 0 radical (unpaired) electrons. The molecule has 0 aliphatic carbocycles. The number of carbonyl (C=O) groups excluding carboxylic acids is 1. The summed E-state index contributed by atoms with van der Waals surface area (Å²) in [5.41, 5.74) is 3.13. The van der Waals surface area contributed by atoms with Gasteiger partial charge in [0, 0.05) is 30.7 Å². The standard InChI is InChI=1S/C19H24N4O3S/c1-13-15(6-7-20-13)18-16-12-14(4-5-17(16)22-19(18)24)27(25,26)21-8-11-23-9-2-3-10-23/h4-7,12,18,20-21H,2-3,8-11H2,1H3,(H,22,24). The molecule has 7 nitrogen and oxygen atoms in total. The predicted octanol–water partition coefficient (Wildman–Crippen LogP) is 1.78. The van der Waals surface area contributed by atoms with E-state index in [1.54, 1.807) is 24.4 Å². The van der Waals surface area contributed by atoms with Gasteiger partial charge in [0.1, 0.15) is 0 Å². The van der Waals surface area contributed by atoms with Gasteiger partial charge in [-0.3, -0.25) is 4.79 Å². The molecule has 1 atom stereocenters. The first-order chi connectivity index (χ1) is 13.0. The number of fused-ring (bicyclic) bond motifs is 1. The topological polar surface area (TPSA) is 94.3 Å². The molecule has 3 heterocycles. The third kappa shape index (κ3) is 3.52. The summed E-state index contributed by atoms with van der Waals surface area (Å²) in [5, 5.41) is 2.85. The Bertz CT molecular complexity index is 961. The maximum atomic E-state index is 12.7. The lowest BCUT2D eigenvalue weighted by atomic mass is 9.93. The highest BCUT2D eigenvalue weighted by molar-refractivity contribution is 7.89. The Morgan fingerprint density at radius 2 is 1.96 bits per heavy atom. The second-order valence-electron chi connectivity index (χ2n) is 7.18. The second-order valence-corrected chi connectivity index (χ2v) is 8.94. The van der Waals surface area contributed by atoms with Gasteiger partial charge in [0.2, 0.25) is 15.9 Å². The number of anilines is 1. The lowest BCUT2D eigenvalue weighted by molar-refractivity contribution is -0.116. The van der Waals surface area contributed by atoms with Crippen molar-refractivity contribution in [3.63, 3.8) is 0 Å². The normalized spacial score (nSPS) is 20.0. The number of aryl methyl sites for hydroxylation is 1. The summed E-state index contributed by atoms with van der Waals surface area (Å²) in [6.45, 7) is 5.07. The van der Waals surface area contributed by atoms with Crippen molar-refractivity contribution in [3.05, 3.63) is 47.3 Å². The first kappa shape index (κ1) is 18.2. The van der Waals surface area contributed by atoms with Crippen molar-refractivity contribution in [2.45, 2.75) is 30.6 Å². The van der Waals surface area contributed by atoms with Gasteiger partial charge in [-0.1, -0.05) is 0 Å². The van der Waals surface area contributed by atoms with Crippen LogP contribution in [0.1, 0.15) is 35.6 Å². The second kappa shape index (κ2) is 7.10. The molecule has 27 heavy (non-hydrogen) atoms. The molecule has 8 heteroatoms. The van der Waals surface area contributed by atoms with E-state index in [9.17, 15) is 13.2 Å². The zero-order chi connectivity index (χ0) is 19.0. The minimum absolute atomic E-state index is 0.135. The maximum absolute atomic E-state index is 12.7. The van der Waals surface area contributed by atoms with Gasteiger partial charge in [0.05, 0.1) is 10.8 Å². The van der Waals surface area contributed by atoms with Crippen LogP contribution in [0.3, 0.4) is 0 Å². The number of rotatable bonds is 6. The minimum Gasteiger partial charge on any atom is -0.365 e. The minimum atomic E-state index is -3.62. The summed E-state index contributed by atoms with van der Waals surface area (Å²) in [6, 6.07) is 6.70. The van der Waals surface area contributed by atoms with Gasteiger partial charge in [-0.15, -0.1) is 0 Å². The zero-order valence-electron chi connectivity index (χ0n) is 15.3. The van der Waals surface area contributed by atoms with Gasteiger partial charge in [-0.2, -0.15) is 0 Å². The van der Waals surface area contributed by atoms with Gasteiger partial charge in [0.25, 0.3) is 0 Å². The monoisotopic (exact) mass is 388 g/mol. The molecule has 0 spiro atoms. The summed E-state index contributed by atoms with van der Waals surface area (Å²) in [7, 11) is -3.62. The molecule has 0 bridgehead atoms. The van der Waals surface area contributed by atoms with Crippen molar-refractivity contribution in [2.75, 3.05) is 31.5 Å². The molecule has 4 rings (SSSR count). The highest BCUT2D eigenvalue weighted by atomic mass is 32.2. The van der Waals surface area contributed by atoms with Gasteiger partial charge >= 0.3 is 0 Å². The Labute approximate surface area is 159 Å². The largest absolute Gasteiger partial charge is 0.365 e. The molecule has 1 unspecified atom stereocenters. The van der Waals surface area contributed by atoms with E-state index >= 15 is 0 Å². The quantitative estimate of drug-likeness (QED) is 0.703. The van der Waals surface area contributed by atoms with Gasteiger partial charge in [-0.05, 0) is 68.2 Å². The lowest BCUT2D eigenvalue weighted by Crippen LogP contribution is -2.33. The number of hydrogen-bond acceptors (Lipinski definition) is 4. The van der Waals surface area contributed by atoms with Crippen LogP contribution in [0.2, 0.25) is 0 Å². The van der Waals surface area contributed by atoms with Crippen LogP contribution < -0.4 is 10.0 Å². The molecule has 2 aliphatic heterocycles. The molecule has 2 aliphatic rings. The summed E-state index contributed by atoms with van der Waals surface area (Å²) in [5.74, 6) is -0.629. The van der Waals surface area contributed by atoms with Crippen LogP contribution >= 0.6 is 0 Å². The van der Waals surface area contributed by atoms with Crippen molar-refractivity contribution >= 4 is 21.6 Å². The van der Waals surface area contributed by atoms with E-state index in [-0.39, 0.29) is 10.8 Å². The lowest BCUT2D eigenvalue weighted by Gasteiger charge is -2.15. The molecule has 1 fully saturated rings. The summed E-state index contributed by atoms with van der Waals surface area (Å²) in [4.78, 5) is 18.0. The van der Waals surface area contributed by atoms with E-state index in [1.165, 1.54) is 12.8 Å². The third-order valence-corrected chi connectivity index (χ3v) is 6.85. The van der Waals surface area contributed by atoms with Crippen LogP contribution in [0.15, 0.2) is 35.4 Å². The number of aromatic amines is 1. The van der Waals surface area contributed by atoms with E-state index in [4.69, 9.17) is 0 Å². The van der Waals surface area contributed by atoms with Crippen LogP contribution in [0.4, 0.5) is 5.69 Å². The van der Waals surface area contributed by atoms with Crippen molar-refractivity contribution < 1.29 is 13.2 Å². The smallest absolute Gasteiger partial charge is 0.240 e. The van der Waals surface area contributed by atoms with Crippen LogP contribution in [-0.4, -0.2) is 50.4 Å². The number of aromatic nitrogens is 1. The summed E-state index contributed by atoms with van der Waals surface area (Å²) >= 11 is 0. The van der Waals surface area contributed by atoms with Crippen LogP contribution in [0.25, 0.3) is 0 Å². The van der Waals surface area contributed by atoms with Crippen LogP contribution in [0.5, 0.6) is 0 Å². The van der Waals surface area contributed by atoms with Crippen molar-refractivity contribution in [3.8, 4) is 0 Å². The summed E-state index contributed by atoms with van der Waals surface area (Å²) in [6.07, 6.45) is 4.15. The first-order valence-electron chi connectivity index (χ1n) is 9.26. The van der Waals surface area contributed by atoms with E-state index in [2.05, 4.69) is 19.9 Å². The number of H-pyrrole nitrogens is 1. The van der Waals surface area contributed by atoms with Gasteiger partial charge in [0.15, 0.2) is 0 Å². The molecule has 0 saturated carbocycles. The van der Waals surface area contributed by atoms with Gasteiger partial charge in [-0.25, -0.2) is 13.1 Å². The fourth-order valence-corrected chi connectivity index (χ4v) is 4.98. The highest BCUT2D eigenvalue weighted by Gasteiger charge is 2.34. The number of sulfonamides is 1. The van der Waals surface area contributed by atoms with Crippen LogP contribution in [-0.2, 0) is 14.8 Å². The van der Waals surface area contributed by atoms with Crippen molar-refractivity contribution in [2.24, 2.45) is 0 Å². The fraction of sp³-hybridized carbons (Fsp3) is 0.421. The first-order valence-corrected chi connectivity index (χ1v) is 10.7. The Kier molecular flexibility index (Phi) is 4.79. The van der Waals surface area contributed by atoms with E-state index in [1.807, 2.05) is 13.0 Å². The Hall–Kier alpha value is -2.16. The molecule has 144 valence electrons. The number of benzene rings is 1. The van der Waals surface area contributed by atoms with E-state index < -0.39 is 15.9 Å². The van der Waals surface area contributed by atoms with Gasteiger partial charge < -0.3 is 15.2 Å². The molecular formula is C19H24N4O3S. The number of carbonyl (C=O) groups is 1. The van der Waals surface area contributed by atoms with Crippen LogP contribution in [0, 0.1) is 6.92 Å². The van der Waals surface area contributed by atoms with E-state index in [0.717, 1.165) is 30.9 Å². The zero-order valence-corrected chi connectivity index (χ0v) is 16.1. The molecule has 3 N–H and O–H groups in total. The number of nitrogens with zero attached hydrogens (tertiary/aromatic N) is 1. The number of nitrogens with one attached hydrogen (secondary N) is 3.